The van der Waals surface area contributed by atoms with Crippen molar-refractivity contribution in [3.8, 4) is 0 Å². The van der Waals surface area contributed by atoms with E-state index in [-0.39, 0.29) is 0 Å². The Bertz CT molecular complexity index is 451. The minimum atomic E-state index is 0.313. The van der Waals surface area contributed by atoms with Crippen molar-refractivity contribution in [2.75, 3.05) is 12.3 Å². The first-order valence-electron chi connectivity index (χ1n) is 8.18. The molecule has 0 radical (unpaired) electrons. The molecule has 0 bridgehead atoms. The predicted octanol–water partition coefficient (Wildman–Crippen LogP) is 3.99. The average molecular weight is 307 g/mol. The lowest BCUT2D eigenvalue weighted by Crippen LogP contribution is -2.29. The molecule has 2 fully saturated rings. The zero-order valence-electron chi connectivity index (χ0n) is 12.6. The highest BCUT2D eigenvalue weighted by atomic mass is 32.2. The van der Waals surface area contributed by atoms with Crippen molar-refractivity contribution in [1.29, 1.82) is 0 Å². The molecule has 1 spiro atoms. The zero-order valence-corrected chi connectivity index (χ0v) is 13.4. The van der Waals surface area contributed by atoms with Crippen molar-refractivity contribution in [3.05, 3.63) is 24.2 Å². The smallest absolute Gasteiger partial charge is 0.223 e. The Kier molecular flexibility index (Phi) is 4.94. The fourth-order valence-corrected chi connectivity index (χ4v) is 4.46. The number of thioether (sulfide) groups is 1. The maximum Gasteiger partial charge on any atom is 0.223 e. The van der Waals surface area contributed by atoms with Crippen molar-refractivity contribution in [2.45, 2.75) is 50.7 Å². The van der Waals surface area contributed by atoms with Crippen LogP contribution in [-0.4, -0.2) is 18.2 Å². The number of carbonyl (C=O) groups is 1. The van der Waals surface area contributed by atoms with Crippen LogP contribution in [0.2, 0.25) is 0 Å². The molecule has 0 saturated heterocycles. The van der Waals surface area contributed by atoms with Gasteiger partial charge in [-0.2, -0.15) is 11.8 Å². The van der Waals surface area contributed by atoms with E-state index < -0.39 is 0 Å². The van der Waals surface area contributed by atoms with E-state index in [2.05, 4.69) is 5.32 Å². The topological polar surface area (TPSA) is 42.2 Å². The largest absolute Gasteiger partial charge is 0.468 e. The Hall–Kier alpha value is -0.900. The minimum absolute atomic E-state index is 0.313. The summed E-state index contributed by atoms with van der Waals surface area (Å²) in [6.07, 6.45) is 10.5. The second-order valence-electron chi connectivity index (χ2n) is 6.46. The van der Waals surface area contributed by atoms with E-state index in [9.17, 15) is 4.79 Å². The molecule has 2 aliphatic rings. The first-order valence-corrected chi connectivity index (χ1v) is 9.33. The van der Waals surface area contributed by atoms with Crippen LogP contribution in [0.1, 0.15) is 50.7 Å². The maximum absolute atomic E-state index is 12.2. The van der Waals surface area contributed by atoms with Gasteiger partial charge in [0.2, 0.25) is 5.91 Å². The predicted molar refractivity (Wildman–Crippen MR) is 86.1 cm³/mol. The number of rotatable bonds is 7. The summed E-state index contributed by atoms with van der Waals surface area (Å²) in [4.78, 5) is 12.2. The lowest BCUT2D eigenvalue weighted by Gasteiger charge is -2.22. The molecule has 1 atom stereocenters. The average Bonchev–Trinajstić information content (AvgIpc) is 2.96. The van der Waals surface area contributed by atoms with E-state index in [1.165, 1.54) is 32.1 Å². The fraction of sp³-hybridized carbons (Fsp3) is 0.706. The summed E-state index contributed by atoms with van der Waals surface area (Å²) in [7, 11) is 0. The van der Waals surface area contributed by atoms with Crippen LogP contribution in [0, 0.1) is 11.3 Å². The van der Waals surface area contributed by atoms with Crippen LogP contribution in [0.4, 0.5) is 0 Å². The summed E-state index contributed by atoms with van der Waals surface area (Å²) >= 11 is 1.86. The third kappa shape index (κ3) is 3.85. The van der Waals surface area contributed by atoms with E-state index in [4.69, 9.17) is 4.42 Å². The molecule has 1 aromatic heterocycles. The standard InChI is InChI=1S/C17H25NO2S/c19-16(15-12-17(15)7-2-1-3-8-17)18-9-5-11-21-13-14-6-4-10-20-14/h4,6,10,15H,1-3,5,7-9,11-13H2,(H,18,19). The lowest BCUT2D eigenvalue weighted by molar-refractivity contribution is -0.123. The van der Waals surface area contributed by atoms with Gasteiger partial charge in [0.1, 0.15) is 5.76 Å². The SMILES string of the molecule is O=C(NCCCSCc1ccco1)C1CC12CCCCC2. The summed E-state index contributed by atoms with van der Waals surface area (Å²) in [5.74, 6) is 3.66. The first kappa shape index (κ1) is 15.0. The molecule has 4 heteroatoms. The van der Waals surface area contributed by atoms with Crippen molar-refractivity contribution >= 4 is 17.7 Å². The van der Waals surface area contributed by atoms with E-state index >= 15 is 0 Å². The monoisotopic (exact) mass is 307 g/mol. The van der Waals surface area contributed by atoms with Crippen LogP contribution in [-0.2, 0) is 10.5 Å². The Labute approximate surface area is 131 Å². The van der Waals surface area contributed by atoms with Gasteiger partial charge in [-0.25, -0.2) is 0 Å². The van der Waals surface area contributed by atoms with Gasteiger partial charge in [0.25, 0.3) is 0 Å². The van der Waals surface area contributed by atoms with Gasteiger partial charge >= 0.3 is 0 Å². The first-order chi connectivity index (χ1) is 10.3. The number of hydrogen-bond donors (Lipinski definition) is 1. The van der Waals surface area contributed by atoms with Gasteiger partial charge in [0, 0.05) is 12.5 Å². The van der Waals surface area contributed by atoms with E-state index in [1.54, 1.807) is 6.26 Å². The molecule has 116 valence electrons. The van der Waals surface area contributed by atoms with E-state index in [0.29, 0.717) is 17.2 Å². The molecule has 1 aromatic rings. The van der Waals surface area contributed by atoms with Gasteiger partial charge in [-0.1, -0.05) is 19.3 Å². The van der Waals surface area contributed by atoms with Gasteiger partial charge in [-0.05, 0) is 49.0 Å². The van der Waals surface area contributed by atoms with Crippen LogP contribution in [0.3, 0.4) is 0 Å². The highest BCUT2D eigenvalue weighted by molar-refractivity contribution is 7.98. The lowest BCUT2D eigenvalue weighted by atomic mass is 9.84. The van der Waals surface area contributed by atoms with Gasteiger partial charge in [-0.3, -0.25) is 4.79 Å². The molecule has 1 heterocycles. The second-order valence-corrected chi connectivity index (χ2v) is 7.56. The Morgan fingerprint density at radius 1 is 1.38 bits per heavy atom. The van der Waals surface area contributed by atoms with Crippen LogP contribution in [0.5, 0.6) is 0 Å². The Morgan fingerprint density at radius 2 is 2.24 bits per heavy atom. The highest BCUT2D eigenvalue weighted by Crippen LogP contribution is 2.61. The normalized spacial score (nSPS) is 23.1. The molecule has 2 aliphatic carbocycles. The quantitative estimate of drug-likeness (QED) is 0.775. The third-order valence-corrected chi connectivity index (χ3v) is 6.01. The van der Waals surface area contributed by atoms with Crippen molar-refractivity contribution in [2.24, 2.45) is 11.3 Å². The molecule has 1 N–H and O–H groups in total. The molecule has 0 aromatic carbocycles. The van der Waals surface area contributed by atoms with E-state index in [0.717, 1.165) is 36.7 Å². The number of nitrogens with one attached hydrogen (secondary N) is 1. The summed E-state index contributed by atoms with van der Waals surface area (Å²) in [6.45, 7) is 0.816. The van der Waals surface area contributed by atoms with Crippen molar-refractivity contribution in [1.82, 2.24) is 5.32 Å². The Balaban J connectivity index is 1.25. The molecule has 1 unspecified atom stereocenters. The number of amides is 1. The number of furan rings is 1. The molecule has 21 heavy (non-hydrogen) atoms. The minimum Gasteiger partial charge on any atom is -0.468 e. The van der Waals surface area contributed by atoms with Gasteiger partial charge in [-0.15, -0.1) is 0 Å². The third-order valence-electron chi connectivity index (χ3n) is 4.94. The number of hydrogen-bond acceptors (Lipinski definition) is 3. The summed E-state index contributed by atoms with van der Waals surface area (Å²) in [5.41, 5.74) is 0.413. The fourth-order valence-electron chi connectivity index (χ4n) is 3.60. The summed E-state index contributed by atoms with van der Waals surface area (Å²) < 4.78 is 5.29. The van der Waals surface area contributed by atoms with Crippen molar-refractivity contribution in [3.63, 3.8) is 0 Å². The van der Waals surface area contributed by atoms with Crippen molar-refractivity contribution < 1.29 is 9.21 Å². The van der Waals surface area contributed by atoms with Gasteiger partial charge < -0.3 is 9.73 Å². The molecule has 2 saturated carbocycles. The number of carbonyl (C=O) groups excluding carboxylic acids is 1. The second kappa shape index (κ2) is 6.91. The van der Waals surface area contributed by atoms with Gasteiger partial charge in [0.15, 0.2) is 0 Å². The van der Waals surface area contributed by atoms with Crippen LogP contribution < -0.4 is 5.32 Å². The Morgan fingerprint density at radius 3 is 3.00 bits per heavy atom. The van der Waals surface area contributed by atoms with E-state index in [1.807, 2.05) is 23.9 Å². The molecule has 3 nitrogen and oxygen atoms in total. The summed E-state index contributed by atoms with van der Waals surface area (Å²) in [5, 5.41) is 3.13. The van der Waals surface area contributed by atoms with Gasteiger partial charge in [0.05, 0.1) is 12.0 Å². The molecule has 1 amide bonds. The molecule has 3 rings (SSSR count). The maximum atomic E-state index is 12.2. The van der Waals surface area contributed by atoms with Crippen LogP contribution >= 0.6 is 11.8 Å². The van der Waals surface area contributed by atoms with Crippen LogP contribution in [0.25, 0.3) is 0 Å². The zero-order chi connectivity index (χ0) is 14.5. The van der Waals surface area contributed by atoms with Crippen LogP contribution in [0.15, 0.2) is 22.8 Å². The summed E-state index contributed by atoms with van der Waals surface area (Å²) in [6, 6.07) is 3.93. The molecule has 0 aliphatic heterocycles. The molecular formula is C17H25NO2S. The molecular weight excluding hydrogens is 282 g/mol. The highest BCUT2D eigenvalue weighted by Gasteiger charge is 2.57.